The summed E-state index contributed by atoms with van der Waals surface area (Å²) in [7, 11) is 0. The summed E-state index contributed by atoms with van der Waals surface area (Å²) in [5.74, 6) is 0. The third kappa shape index (κ3) is 4.18. The zero-order chi connectivity index (χ0) is 12.6. The van der Waals surface area contributed by atoms with Gasteiger partial charge < -0.3 is 10.5 Å². The average molecular weight is 246 g/mol. The molecular formula is C13H18N4O. The number of anilines is 1. The molecule has 5 heteroatoms. The van der Waals surface area contributed by atoms with E-state index in [2.05, 4.69) is 10.1 Å². The monoisotopic (exact) mass is 246 g/mol. The lowest BCUT2D eigenvalue weighted by atomic mass is 10.1. The summed E-state index contributed by atoms with van der Waals surface area (Å²) in [5.41, 5.74) is 7.55. The van der Waals surface area contributed by atoms with Crippen LogP contribution in [-0.2, 0) is 17.7 Å². The Morgan fingerprint density at radius 1 is 1.22 bits per heavy atom. The van der Waals surface area contributed by atoms with Crippen molar-refractivity contribution in [1.29, 1.82) is 0 Å². The number of nitrogen functional groups attached to an aromatic ring is 1. The minimum absolute atomic E-state index is 0.664. The van der Waals surface area contributed by atoms with E-state index in [1.807, 2.05) is 24.5 Å². The number of aromatic nitrogens is 3. The summed E-state index contributed by atoms with van der Waals surface area (Å²) in [6, 6.07) is 4.07. The molecule has 0 unspecified atom stereocenters. The SMILES string of the molecule is Nc1cnn(CCOCCCc2ccncc2)c1. The Hall–Kier alpha value is -1.88. The number of hydrogen-bond acceptors (Lipinski definition) is 4. The smallest absolute Gasteiger partial charge is 0.0719 e. The van der Waals surface area contributed by atoms with Crippen molar-refractivity contribution in [3.8, 4) is 0 Å². The van der Waals surface area contributed by atoms with Crippen molar-refractivity contribution < 1.29 is 4.74 Å². The Morgan fingerprint density at radius 2 is 2.06 bits per heavy atom. The molecule has 2 N–H and O–H groups in total. The summed E-state index contributed by atoms with van der Waals surface area (Å²) in [6.07, 6.45) is 9.13. The standard InChI is InChI=1S/C13H18N4O/c14-13-10-16-17(11-13)7-9-18-8-1-2-12-3-5-15-6-4-12/h3-6,10-11H,1-2,7-9,14H2. The van der Waals surface area contributed by atoms with Gasteiger partial charge >= 0.3 is 0 Å². The van der Waals surface area contributed by atoms with E-state index in [1.165, 1.54) is 5.56 Å². The molecule has 2 heterocycles. The molecule has 0 spiro atoms. The fraction of sp³-hybridized carbons (Fsp3) is 0.385. The molecule has 0 atom stereocenters. The maximum Gasteiger partial charge on any atom is 0.0719 e. The van der Waals surface area contributed by atoms with Crippen molar-refractivity contribution in [1.82, 2.24) is 14.8 Å². The minimum atomic E-state index is 0.664. The third-order valence-electron chi connectivity index (χ3n) is 2.62. The van der Waals surface area contributed by atoms with Crippen LogP contribution in [0.25, 0.3) is 0 Å². The normalized spacial score (nSPS) is 10.7. The first kappa shape index (κ1) is 12.6. The van der Waals surface area contributed by atoms with Crippen molar-refractivity contribution >= 4 is 5.69 Å². The summed E-state index contributed by atoms with van der Waals surface area (Å²) in [6.45, 7) is 2.17. The molecule has 0 aliphatic heterocycles. The van der Waals surface area contributed by atoms with Gasteiger partial charge in [0.2, 0.25) is 0 Å². The van der Waals surface area contributed by atoms with Crippen LogP contribution in [0.15, 0.2) is 36.9 Å². The maximum atomic E-state index is 5.57. The van der Waals surface area contributed by atoms with Crippen molar-refractivity contribution in [2.24, 2.45) is 0 Å². The van der Waals surface area contributed by atoms with Crippen molar-refractivity contribution in [3.63, 3.8) is 0 Å². The highest BCUT2D eigenvalue weighted by atomic mass is 16.5. The molecule has 0 radical (unpaired) electrons. The lowest BCUT2D eigenvalue weighted by molar-refractivity contribution is 0.121. The Morgan fingerprint density at radius 3 is 2.78 bits per heavy atom. The number of pyridine rings is 1. The van der Waals surface area contributed by atoms with Crippen molar-refractivity contribution in [2.45, 2.75) is 19.4 Å². The average Bonchev–Trinajstić information content (AvgIpc) is 2.81. The van der Waals surface area contributed by atoms with Crippen molar-refractivity contribution in [2.75, 3.05) is 18.9 Å². The van der Waals surface area contributed by atoms with Crippen molar-refractivity contribution in [3.05, 3.63) is 42.5 Å². The molecule has 0 aromatic carbocycles. The quantitative estimate of drug-likeness (QED) is 0.752. The molecule has 96 valence electrons. The summed E-state index contributed by atoms with van der Waals surface area (Å²) >= 11 is 0. The molecule has 0 bridgehead atoms. The maximum absolute atomic E-state index is 5.57. The molecule has 2 aromatic heterocycles. The number of nitrogens with zero attached hydrogens (tertiary/aromatic N) is 3. The summed E-state index contributed by atoms with van der Waals surface area (Å²) in [5, 5.41) is 4.09. The summed E-state index contributed by atoms with van der Waals surface area (Å²) < 4.78 is 7.34. The molecule has 2 rings (SSSR count). The number of rotatable bonds is 7. The van der Waals surface area contributed by atoms with Crippen LogP contribution in [0, 0.1) is 0 Å². The van der Waals surface area contributed by atoms with E-state index in [0.29, 0.717) is 12.3 Å². The van der Waals surface area contributed by atoms with Gasteiger partial charge in [0.15, 0.2) is 0 Å². The van der Waals surface area contributed by atoms with Gasteiger partial charge in [0.25, 0.3) is 0 Å². The van der Waals surface area contributed by atoms with Gasteiger partial charge in [0.05, 0.1) is 25.0 Å². The molecule has 18 heavy (non-hydrogen) atoms. The Bertz CT molecular complexity index is 455. The van der Waals surface area contributed by atoms with Gasteiger partial charge in [-0.15, -0.1) is 0 Å². The number of aryl methyl sites for hydroxylation is 1. The second-order valence-electron chi connectivity index (χ2n) is 4.11. The topological polar surface area (TPSA) is 66.0 Å². The molecular weight excluding hydrogens is 228 g/mol. The van der Waals surface area contributed by atoms with Gasteiger partial charge in [-0.25, -0.2) is 0 Å². The second kappa shape index (κ2) is 6.76. The number of nitrogens with two attached hydrogens (primary N) is 1. The highest BCUT2D eigenvalue weighted by Crippen LogP contribution is 2.01. The van der Waals surface area contributed by atoms with Crippen LogP contribution >= 0.6 is 0 Å². The van der Waals surface area contributed by atoms with E-state index in [4.69, 9.17) is 10.5 Å². The van der Waals surface area contributed by atoms with E-state index >= 15 is 0 Å². The highest BCUT2D eigenvalue weighted by molar-refractivity contribution is 5.30. The lowest BCUT2D eigenvalue weighted by Gasteiger charge is -2.04. The first-order chi connectivity index (χ1) is 8.84. The molecule has 5 nitrogen and oxygen atoms in total. The fourth-order valence-corrected chi connectivity index (χ4v) is 1.69. The molecule has 0 aliphatic carbocycles. The first-order valence-corrected chi connectivity index (χ1v) is 6.09. The van der Waals surface area contributed by atoms with Gasteiger partial charge in [-0.3, -0.25) is 9.67 Å². The molecule has 0 amide bonds. The molecule has 0 saturated heterocycles. The van der Waals surface area contributed by atoms with E-state index in [0.717, 1.165) is 26.0 Å². The predicted octanol–water partition coefficient (Wildman–Crippen LogP) is 1.51. The third-order valence-corrected chi connectivity index (χ3v) is 2.62. The van der Waals surface area contributed by atoms with Gasteiger partial charge in [-0.1, -0.05) is 0 Å². The van der Waals surface area contributed by atoms with E-state index in [1.54, 1.807) is 17.1 Å². The van der Waals surface area contributed by atoms with E-state index in [-0.39, 0.29) is 0 Å². The van der Waals surface area contributed by atoms with Crippen LogP contribution < -0.4 is 5.73 Å². The first-order valence-electron chi connectivity index (χ1n) is 6.09. The molecule has 0 fully saturated rings. The molecule has 2 aromatic rings. The molecule has 0 saturated carbocycles. The van der Waals surface area contributed by atoms with Crippen LogP contribution in [-0.4, -0.2) is 28.0 Å². The van der Waals surface area contributed by atoms with Crippen LogP contribution in [0.4, 0.5) is 5.69 Å². The Balaban J connectivity index is 1.54. The van der Waals surface area contributed by atoms with Crippen LogP contribution in [0.3, 0.4) is 0 Å². The van der Waals surface area contributed by atoms with Crippen LogP contribution in [0.2, 0.25) is 0 Å². The van der Waals surface area contributed by atoms with E-state index in [9.17, 15) is 0 Å². The van der Waals surface area contributed by atoms with Gasteiger partial charge in [0.1, 0.15) is 0 Å². The van der Waals surface area contributed by atoms with Gasteiger partial charge in [-0.05, 0) is 30.5 Å². The zero-order valence-corrected chi connectivity index (χ0v) is 10.3. The predicted molar refractivity (Wildman–Crippen MR) is 70.0 cm³/mol. The number of hydrogen-bond donors (Lipinski definition) is 1. The highest BCUT2D eigenvalue weighted by Gasteiger charge is 1.95. The Kier molecular flexibility index (Phi) is 4.72. The number of ether oxygens (including phenoxy) is 1. The van der Waals surface area contributed by atoms with Crippen LogP contribution in [0.1, 0.15) is 12.0 Å². The zero-order valence-electron chi connectivity index (χ0n) is 10.3. The molecule has 0 aliphatic rings. The summed E-state index contributed by atoms with van der Waals surface area (Å²) in [4.78, 5) is 3.99. The minimum Gasteiger partial charge on any atom is -0.396 e. The van der Waals surface area contributed by atoms with E-state index < -0.39 is 0 Å². The second-order valence-corrected chi connectivity index (χ2v) is 4.11. The Labute approximate surface area is 107 Å². The van der Waals surface area contributed by atoms with Crippen LogP contribution in [0.5, 0.6) is 0 Å². The van der Waals surface area contributed by atoms with Gasteiger partial charge in [0, 0.05) is 25.2 Å². The fourth-order valence-electron chi connectivity index (χ4n) is 1.69. The van der Waals surface area contributed by atoms with Gasteiger partial charge in [-0.2, -0.15) is 5.10 Å². The largest absolute Gasteiger partial charge is 0.396 e. The lowest BCUT2D eigenvalue weighted by Crippen LogP contribution is -2.07.